The van der Waals surface area contributed by atoms with Crippen molar-refractivity contribution in [3.8, 4) is 0 Å². The SMILES string of the molecule is O=S(=O)(O)OC1CCCC(F)C1. The summed E-state index contributed by atoms with van der Waals surface area (Å²) in [5.74, 6) is 0. The molecule has 0 bridgehead atoms. The maximum atomic E-state index is 12.7. The van der Waals surface area contributed by atoms with Crippen LogP contribution in [0.3, 0.4) is 0 Å². The first kappa shape index (κ1) is 9.88. The maximum absolute atomic E-state index is 12.7. The van der Waals surface area contributed by atoms with Gasteiger partial charge in [0, 0.05) is 6.42 Å². The first-order chi connectivity index (χ1) is 5.47. The van der Waals surface area contributed by atoms with Crippen molar-refractivity contribution >= 4 is 10.4 Å². The zero-order chi connectivity index (χ0) is 9.19. The molecule has 6 heteroatoms. The Bertz CT molecular complexity index is 238. The second-order valence-corrected chi connectivity index (χ2v) is 3.96. The van der Waals surface area contributed by atoms with Gasteiger partial charge in [-0.05, 0) is 19.3 Å². The van der Waals surface area contributed by atoms with E-state index in [1.54, 1.807) is 0 Å². The summed E-state index contributed by atoms with van der Waals surface area (Å²) in [4.78, 5) is 0. The van der Waals surface area contributed by atoms with Gasteiger partial charge in [0.25, 0.3) is 0 Å². The van der Waals surface area contributed by atoms with E-state index >= 15 is 0 Å². The molecule has 1 N–H and O–H groups in total. The van der Waals surface area contributed by atoms with Gasteiger partial charge in [-0.3, -0.25) is 4.55 Å². The van der Waals surface area contributed by atoms with Crippen LogP contribution in [0, 0.1) is 0 Å². The Balaban J connectivity index is 2.43. The normalized spacial score (nSPS) is 31.8. The minimum absolute atomic E-state index is 0.0553. The first-order valence-corrected chi connectivity index (χ1v) is 5.13. The van der Waals surface area contributed by atoms with Gasteiger partial charge in [0.15, 0.2) is 0 Å². The van der Waals surface area contributed by atoms with E-state index in [4.69, 9.17) is 4.55 Å². The first-order valence-electron chi connectivity index (χ1n) is 3.77. The molecule has 0 amide bonds. The molecule has 0 aliphatic heterocycles. The monoisotopic (exact) mass is 198 g/mol. The van der Waals surface area contributed by atoms with E-state index in [2.05, 4.69) is 4.18 Å². The minimum atomic E-state index is -4.41. The molecule has 2 unspecified atom stereocenters. The molecule has 12 heavy (non-hydrogen) atoms. The van der Waals surface area contributed by atoms with Crippen LogP contribution in [0.25, 0.3) is 0 Å². The number of rotatable bonds is 2. The summed E-state index contributed by atoms with van der Waals surface area (Å²) in [7, 11) is -4.41. The average molecular weight is 198 g/mol. The van der Waals surface area contributed by atoms with Crippen molar-refractivity contribution < 1.29 is 21.5 Å². The van der Waals surface area contributed by atoms with Gasteiger partial charge in [0.1, 0.15) is 6.17 Å². The molecule has 0 heterocycles. The molecule has 0 aromatic heterocycles. The molecule has 1 aliphatic carbocycles. The lowest BCUT2D eigenvalue weighted by atomic mass is 9.96. The van der Waals surface area contributed by atoms with Gasteiger partial charge in [-0.2, -0.15) is 8.42 Å². The quantitative estimate of drug-likeness (QED) is 0.674. The molecule has 2 atom stereocenters. The van der Waals surface area contributed by atoms with Crippen molar-refractivity contribution in [1.29, 1.82) is 0 Å². The molecule has 0 spiro atoms. The molecule has 1 aliphatic rings. The Kier molecular flexibility index (Phi) is 3.03. The summed E-state index contributed by atoms with van der Waals surface area (Å²) in [5.41, 5.74) is 0. The van der Waals surface area contributed by atoms with Crippen molar-refractivity contribution in [2.24, 2.45) is 0 Å². The van der Waals surface area contributed by atoms with Gasteiger partial charge in [-0.25, -0.2) is 8.57 Å². The van der Waals surface area contributed by atoms with Crippen LogP contribution in [0.4, 0.5) is 4.39 Å². The highest BCUT2D eigenvalue weighted by molar-refractivity contribution is 7.80. The highest BCUT2D eigenvalue weighted by Gasteiger charge is 2.25. The molecular weight excluding hydrogens is 187 g/mol. The third-order valence-electron chi connectivity index (χ3n) is 1.82. The summed E-state index contributed by atoms with van der Waals surface area (Å²) in [6, 6.07) is 0. The highest BCUT2D eigenvalue weighted by Crippen LogP contribution is 2.24. The van der Waals surface area contributed by atoms with Gasteiger partial charge >= 0.3 is 10.4 Å². The van der Waals surface area contributed by atoms with E-state index < -0.39 is 22.7 Å². The number of alkyl halides is 1. The van der Waals surface area contributed by atoms with Crippen LogP contribution >= 0.6 is 0 Å². The Morgan fingerprint density at radius 1 is 1.42 bits per heavy atom. The van der Waals surface area contributed by atoms with Crippen molar-refractivity contribution in [3.63, 3.8) is 0 Å². The Labute approximate surface area is 70.7 Å². The summed E-state index contributed by atoms with van der Waals surface area (Å²) in [6.45, 7) is 0. The largest absolute Gasteiger partial charge is 0.397 e. The van der Waals surface area contributed by atoms with Crippen LogP contribution in [-0.2, 0) is 14.6 Å². The smallest absolute Gasteiger partial charge is 0.264 e. The van der Waals surface area contributed by atoms with E-state index in [9.17, 15) is 12.8 Å². The predicted molar refractivity (Wildman–Crippen MR) is 39.8 cm³/mol. The van der Waals surface area contributed by atoms with Crippen LogP contribution < -0.4 is 0 Å². The van der Waals surface area contributed by atoms with Gasteiger partial charge < -0.3 is 0 Å². The lowest BCUT2D eigenvalue weighted by Crippen LogP contribution is -2.26. The Morgan fingerprint density at radius 3 is 2.58 bits per heavy atom. The average Bonchev–Trinajstić information content (AvgIpc) is 1.82. The van der Waals surface area contributed by atoms with E-state index in [0.29, 0.717) is 19.3 Å². The van der Waals surface area contributed by atoms with Crippen LogP contribution in [0.15, 0.2) is 0 Å². The highest BCUT2D eigenvalue weighted by atomic mass is 32.3. The summed E-state index contributed by atoms with van der Waals surface area (Å²) in [5, 5.41) is 0. The number of hydrogen-bond donors (Lipinski definition) is 1. The lowest BCUT2D eigenvalue weighted by molar-refractivity contribution is 0.0968. The van der Waals surface area contributed by atoms with E-state index in [1.165, 1.54) is 0 Å². The topological polar surface area (TPSA) is 63.6 Å². The lowest BCUT2D eigenvalue weighted by Gasteiger charge is -2.22. The predicted octanol–water partition coefficient (Wildman–Crippen LogP) is 1.09. The van der Waals surface area contributed by atoms with E-state index in [0.717, 1.165) is 0 Å². The third kappa shape index (κ3) is 3.46. The van der Waals surface area contributed by atoms with E-state index in [-0.39, 0.29) is 6.42 Å². The molecule has 1 saturated carbocycles. The zero-order valence-corrected chi connectivity index (χ0v) is 7.26. The van der Waals surface area contributed by atoms with E-state index in [1.807, 2.05) is 0 Å². The van der Waals surface area contributed by atoms with Crippen molar-refractivity contribution in [3.05, 3.63) is 0 Å². The van der Waals surface area contributed by atoms with Gasteiger partial charge in [0.2, 0.25) is 0 Å². The second-order valence-electron chi connectivity index (χ2n) is 2.91. The molecule has 72 valence electrons. The van der Waals surface area contributed by atoms with Crippen LogP contribution in [0.1, 0.15) is 25.7 Å². The molecule has 1 fully saturated rings. The fourth-order valence-corrected chi connectivity index (χ4v) is 1.87. The molecule has 0 saturated heterocycles. The summed E-state index contributed by atoms with van der Waals surface area (Å²) in [6.07, 6.45) is -0.110. The minimum Gasteiger partial charge on any atom is -0.264 e. The van der Waals surface area contributed by atoms with Crippen LogP contribution in [-0.4, -0.2) is 25.2 Å². The third-order valence-corrected chi connectivity index (χ3v) is 2.34. The molecular formula is C6H11FO4S. The molecule has 0 radical (unpaired) electrons. The van der Waals surface area contributed by atoms with Gasteiger partial charge in [-0.15, -0.1) is 0 Å². The number of hydrogen-bond acceptors (Lipinski definition) is 3. The van der Waals surface area contributed by atoms with Crippen LogP contribution in [0.2, 0.25) is 0 Å². The Morgan fingerprint density at radius 2 is 2.08 bits per heavy atom. The standard InChI is InChI=1S/C6H11FO4S/c7-5-2-1-3-6(4-5)11-12(8,9)10/h5-6H,1-4H2,(H,8,9,10). The zero-order valence-electron chi connectivity index (χ0n) is 6.44. The van der Waals surface area contributed by atoms with Gasteiger partial charge in [0.05, 0.1) is 6.10 Å². The molecule has 0 aromatic carbocycles. The van der Waals surface area contributed by atoms with Crippen molar-refractivity contribution in [2.75, 3.05) is 0 Å². The molecule has 4 nitrogen and oxygen atoms in total. The maximum Gasteiger partial charge on any atom is 0.397 e. The van der Waals surface area contributed by atoms with Crippen LogP contribution in [0.5, 0.6) is 0 Å². The Hall–Kier alpha value is -0.200. The second kappa shape index (κ2) is 3.68. The molecule has 1 rings (SSSR count). The summed E-state index contributed by atoms with van der Waals surface area (Å²) >= 11 is 0. The molecule has 0 aromatic rings. The van der Waals surface area contributed by atoms with Crippen molar-refractivity contribution in [2.45, 2.75) is 38.0 Å². The summed E-state index contributed by atoms with van der Waals surface area (Å²) < 4.78 is 45.6. The fourth-order valence-electron chi connectivity index (χ4n) is 1.35. The fraction of sp³-hybridized carbons (Fsp3) is 1.00. The van der Waals surface area contributed by atoms with Gasteiger partial charge in [-0.1, -0.05) is 0 Å². The van der Waals surface area contributed by atoms with Crippen molar-refractivity contribution in [1.82, 2.24) is 0 Å². The number of halogens is 1.